The molecule has 160 valence electrons. The number of amides is 1. The van der Waals surface area contributed by atoms with E-state index in [0.29, 0.717) is 49.2 Å². The van der Waals surface area contributed by atoms with Crippen molar-refractivity contribution < 1.29 is 23.7 Å². The van der Waals surface area contributed by atoms with Gasteiger partial charge in [0.2, 0.25) is 0 Å². The molecule has 2 aromatic carbocycles. The van der Waals surface area contributed by atoms with Gasteiger partial charge in [0.1, 0.15) is 17.3 Å². The molecule has 0 aliphatic carbocycles. The quantitative estimate of drug-likeness (QED) is 0.369. The number of hydrogen-bond acceptors (Lipinski definition) is 5. The summed E-state index contributed by atoms with van der Waals surface area (Å²) in [6, 6.07) is 11.3. The molecule has 0 radical (unpaired) electrons. The molecule has 1 amide bonds. The van der Waals surface area contributed by atoms with Gasteiger partial charge in [0.15, 0.2) is 0 Å². The van der Waals surface area contributed by atoms with Crippen LogP contribution in [0.2, 0.25) is 0 Å². The standard InChI is InChI=1S/C21H25N3O5S/c1-24(30(2)29)19-11-16(10-18(12-19)21(27)28)13-22-7-4-8-23-20(26)17-6-3-5-15(9-17)14-25/h3,5-6,9-12,14,22H,4,7-8,13H2,1-2H3,(H,23,26)(H,27,28). The van der Waals surface area contributed by atoms with E-state index in [9.17, 15) is 23.7 Å². The molecule has 0 saturated heterocycles. The number of carbonyl (C=O) groups is 3. The second-order valence-corrected chi connectivity index (χ2v) is 8.04. The largest absolute Gasteiger partial charge is 0.478 e. The molecule has 0 bridgehead atoms. The maximum absolute atomic E-state index is 12.1. The van der Waals surface area contributed by atoms with Gasteiger partial charge in [-0.25, -0.2) is 9.00 Å². The fraction of sp³-hybridized carbons (Fsp3) is 0.286. The van der Waals surface area contributed by atoms with Gasteiger partial charge < -0.3 is 15.7 Å². The Kier molecular flexibility index (Phi) is 8.70. The van der Waals surface area contributed by atoms with Crippen LogP contribution in [0.15, 0.2) is 42.5 Å². The summed E-state index contributed by atoms with van der Waals surface area (Å²) in [5.41, 5.74) is 2.34. The second-order valence-electron chi connectivity index (χ2n) is 6.64. The van der Waals surface area contributed by atoms with Crippen molar-refractivity contribution in [1.29, 1.82) is 0 Å². The van der Waals surface area contributed by atoms with Crippen molar-refractivity contribution in [3.8, 4) is 0 Å². The van der Waals surface area contributed by atoms with Crippen LogP contribution in [-0.4, -0.2) is 53.9 Å². The lowest BCUT2D eigenvalue weighted by molar-refractivity contribution is 0.0696. The first kappa shape index (κ1) is 23.2. The number of hydrogen-bond donors (Lipinski definition) is 3. The molecule has 9 heteroatoms. The van der Waals surface area contributed by atoms with Gasteiger partial charge in [-0.1, -0.05) is 12.1 Å². The lowest BCUT2D eigenvalue weighted by Gasteiger charge is -2.17. The molecule has 1 atom stereocenters. The third-order valence-corrected chi connectivity index (χ3v) is 5.39. The van der Waals surface area contributed by atoms with Crippen molar-refractivity contribution >= 4 is 34.8 Å². The highest BCUT2D eigenvalue weighted by atomic mass is 32.2. The molecule has 0 heterocycles. The Hall–Kier alpha value is -3.04. The number of aromatic carboxylic acids is 1. The topological polar surface area (TPSA) is 116 Å². The lowest BCUT2D eigenvalue weighted by atomic mass is 10.1. The maximum atomic E-state index is 12.1. The molecule has 2 aromatic rings. The molecule has 0 aliphatic rings. The van der Waals surface area contributed by atoms with Gasteiger partial charge in [0, 0.05) is 37.5 Å². The Morgan fingerprint density at radius 2 is 1.90 bits per heavy atom. The van der Waals surface area contributed by atoms with Crippen molar-refractivity contribution in [2.24, 2.45) is 0 Å². The van der Waals surface area contributed by atoms with Crippen LogP contribution in [0.3, 0.4) is 0 Å². The molecule has 0 aromatic heterocycles. The van der Waals surface area contributed by atoms with Crippen molar-refractivity contribution in [1.82, 2.24) is 10.6 Å². The van der Waals surface area contributed by atoms with Crippen molar-refractivity contribution in [2.75, 3.05) is 30.7 Å². The third-order valence-electron chi connectivity index (χ3n) is 4.40. The van der Waals surface area contributed by atoms with Crippen LogP contribution >= 0.6 is 0 Å². The average Bonchev–Trinajstić information content (AvgIpc) is 2.75. The van der Waals surface area contributed by atoms with E-state index in [0.717, 1.165) is 5.56 Å². The summed E-state index contributed by atoms with van der Waals surface area (Å²) in [4.78, 5) is 34.2. The lowest BCUT2D eigenvalue weighted by Crippen LogP contribution is -2.27. The van der Waals surface area contributed by atoms with Crippen LogP contribution in [0.1, 0.15) is 43.1 Å². The highest BCUT2D eigenvalue weighted by molar-refractivity contribution is 7.85. The number of carboxylic acids is 1. The molecular weight excluding hydrogens is 406 g/mol. The normalized spacial score (nSPS) is 11.5. The van der Waals surface area contributed by atoms with Crippen LogP contribution in [0.5, 0.6) is 0 Å². The van der Waals surface area contributed by atoms with Crippen molar-refractivity contribution in [3.05, 3.63) is 64.7 Å². The summed E-state index contributed by atoms with van der Waals surface area (Å²) < 4.78 is 13.2. The summed E-state index contributed by atoms with van der Waals surface area (Å²) >= 11 is 0. The monoisotopic (exact) mass is 431 g/mol. The van der Waals surface area contributed by atoms with E-state index in [4.69, 9.17) is 0 Å². The van der Waals surface area contributed by atoms with Gasteiger partial charge in [-0.3, -0.25) is 13.9 Å². The molecule has 8 nitrogen and oxygen atoms in total. The summed E-state index contributed by atoms with van der Waals surface area (Å²) in [6.45, 7) is 1.50. The van der Waals surface area contributed by atoms with E-state index in [1.165, 1.54) is 22.7 Å². The first-order valence-electron chi connectivity index (χ1n) is 9.30. The molecular formula is C21H25N3O5S. The smallest absolute Gasteiger partial charge is 0.335 e. The molecule has 30 heavy (non-hydrogen) atoms. The summed E-state index contributed by atoms with van der Waals surface area (Å²) in [5, 5.41) is 15.3. The van der Waals surface area contributed by atoms with E-state index >= 15 is 0 Å². The Morgan fingerprint density at radius 1 is 1.13 bits per heavy atom. The van der Waals surface area contributed by atoms with Gasteiger partial charge in [-0.15, -0.1) is 0 Å². The maximum Gasteiger partial charge on any atom is 0.335 e. The van der Waals surface area contributed by atoms with E-state index in [1.807, 2.05) is 0 Å². The van der Waals surface area contributed by atoms with E-state index < -0.39 is 17.0 Å². The highest BCUT2D eigenvalue weighted by Gasteiger charge is 2.11. The molecule has 1 unspecified atom stereocenters. The zero-order valence-corrected chi connectivity index (χ0v) is 17.7. The van der Waals surface area contributed by atoms with Crippen LogP contribution in [0.4, 0.5) is 5.69 Å². The Morgan fingerprint density at radius 3 is 2.57 bits per heavy atom. The van der Waals surface area contributed by atoms with Crippen molar-refractivity contribution in [2.45, 2.75) is 13.0 Å². The minimum absolute atomic E-state index is 0.131. The van der Waals surface area contributed by atoms with Crippen LogP contribution < -0.4 is 14.9 Å². The number of nitrogens with zero attached hydrogens (tertiary/aromatic N) is 1. The minimum atomic E-state index is -1.26. The third kappa shape index (κ3) is 6.78. The number of anilines is 1. The second kappa shape index (κ2) is 11.2. The summed E-state index contributed by atoms with van der Waals surface area (Å²) in [7, 11) is 0.377. The fourth-order valence-corrected chi connectivity index (χ4v) is 3.14. The number of aldehydes is 1. The van der Waals surface area contributed by atoms with Crippen LogP contribution in [-0.2, 0) is 17.5 Å². The molecule has 3 N–H and O–H groups in total. The van der Waals surface area contributed by atoms with Gasteiger partial charge in [-0.05, 0) is 48.9 Å². The number of rotatable bonds is 11. The van der Waals surface area contributed by atoms with Gasteiger partial charge in [-0.2, -0.15) is 0 Å². The number of benzene rings is 2. The van der Waals surface area contributed by atoms with E-state index in [2.05, 4.69) is 10.6 Å². The number of carboxylic acid groups (broad SMARTS) is 1. The predicted molar refractivity (Wildman–Crippen MR) is 116 cm³/mol. The van der Waals surface area contributed by atoms with E-state index in [-0.39, 0.29) is 11.5 Å². The molecule has 0 fully saturated rings. The molecule has 2 rings (SSSR count). The zero-order valence-electron chi connectivity index (χ0n) is 16.9. The van der Waals surface area contributed by atoms with Crippen LogP contribution in [0.25, 0.3) is 0 Å². The molecule has 0 saturated carbocycles. The predicted octanol–water partition coefficient (Wildman–Crippen LogP) is 1.84. The number of nitrogens with one attached hydrogen (secondary N) is 2. The van der Waals surface area contributed by atoms with Crippen LogP contribution in [0, 0.1) is 0 Å². The first-order chi connectivity index (χ1) is 14.3. The Bertz CT molecular complexity index is 948. The fourth-order valence-electron chi connectivity index (χ4n) is 2.73. The Balaban J connectivity index is 1.83. The van der Waals surface area contributed by atoms with Gasteiger partial charge in [0.05, 0.1) is 11.3 Å². The number of carbonyl (C=O) groups excluding carboxylic acids is 2. The summed E-state index contributed by atoms with van der Waals surface area (Å²) in [5.74, 6) is -1.29. The van der Waals surface area contributed by atoms with E-state index in [1.54, 1.807) is 37.4 Å². The molecule has 0 aliphatic heterocycles. The van der Waals surface area contributed by atoms with Gasteiger partial charge in [0.25, 0.3) is 5.91 Å². The SMILES string of the molecule is CN(c1cc(CNCCCNC(=O)c2cccc(C=O)c2)cc(C(=O)O)c1)S(C)=O. The Labute approximate surface area is 177 Å². The van der Waals surface area contributed by atoms with Crippen molar-refractivity contribution in [3.63, 3.8) is 0 Å². The first-order valence-corrected chi connectivity index (χ1v) is 10.8. The average molecular weight is 432 g/mol. The summed E-state index contributed by atoms with van der Waals surface area (Å²) in [6.07, 6.45) is 2.89. The minimum Gasteiger partial charge on any atom is -0.478 e. The zero-order chi connectivity index (χ0) is 22.1. The molecule has 0 spiro atoms. The van der Waals surface area contributed by atoms with Gasteiger partial charge >= 0.3 is 5.97 Å². The highest BCUT2D eigenvalue weighted by Crippen LogP contribution is 2.19.